The molecule has 0 spiro atoms. The Bertz CT molecular complexity index is 538. The lowest BCUT2D eigenvalue weighted by atomic mass is 9.90. The van der Waals surface area contributed by atoms with Gasteiger partial charge in [-0.3, -0.25) is 9.59 Å². The van der Waals surface area contributed by atoms with Crippen LogP contribution < -0.4 is 5.32 Å². The second-order valence-corrected chi connectivity index (χ2v) is 5.85. The Morgan fingerprint density at radius 3 is 2.62 bits per heavy atom. The molecule has 4 nitrogen and oxygen atoms in total. The Morgan fingerprint density at radius 2 is 2.00 bits per heavy atom. The summed E-state index contributed by atoms with van der Waals surface area (Å²) in [5, 5.41) is 3.41. The number of nitrogens with one attached hydrogen (secondary N) is 1. The zero-order valence-corrected chi connectivity index (χ0v) is 13.1. The molecular weight excluding hydrogens is 290 g/mol. The van der Waals surface area contributed by atoms with Crippen molar-refractivity contribution in [3.8, 4) is 0 Å². The van der Waals surface area contributed by atoms with E-state index in [1.165, 1.54) is 7.11 Å². The molecule has 1 aliphatic rings. The number of ether oxygens (including phenoxy) is 1. The van der Waals surface area contributed by atoms with Crippen LogP contribution in [0.5, 0.6) is 0 Å². The number of carbonyl (C=O) groups is 2. The highest BCUT2D eigenvalue weighted by Crippen LogP contribution is 2.33. The molecule has 1 fully saturated rings. The van der Waals surface area contributed by atoms with Gasteiger partial charge in [0.15, 0.2) is 0 Å². The van der Waals surface area contributed by atoms with E-state index in [1.807, 2.05) is 6.92 Å². The smallest absolute Gasteiger partial charge is 0.318 e. The Kier molecular flexibility index (Phi) is 5.23. The van der Waals surface area contributed by atoms with Crippen LogP contribution in [0, 0.1) is 18.8 Å². The van der Waals surface area contributed by atoms with Crippen molar-refractivity contribution in [1.29, 1.82) is 0 Å². The van der Waals surface area contributed by atoms with Gasteiger partial charge in [-0.1, -0.05) is 30.5 Å². The SMILES string of the molecule is COC(=O)[C@@H](C(=O)Nc1cccc(Cl)c1C)C1CCCC1. The third-order valence-corrected chi connectivity index (χ3v) is 4.54. The van der Waals surface area contributed by atoms with Crippen molar-refractivity contribution < 1.29 is 14.3 Å². The molecule has 2 rings (SSSR count). The van der Waals surface area contributed by atoms with Crippen LogP contribution >= 0.6 is 11.6 Å². The van der Waals surface area contributed by atoms with Crippen LogP contribution in [0.15, 0.2) is 18.2 Å². The van der Waals surface area contributed by atoms with Gasteiger partial charge in [0.05, 0.1) is 7.11 Å². The first-order valence-electron chi connectivity index (χ1n) is 7.18. The summed E-state index contributed by atoms with van der Waals surface area (Å²) in [6.07, 6.45) is 3.90. The molecule has 0 aromatic heterocycles. The van der Waals surface area contributed by atoms with Gasteiger partial charge in [-0.25, -0.2) is 0 Å². The largest absolute Gasteiger partial charge is 0.468 e. The van der Waals surface area contributed by atoms with Gasteiger partial charge in [-0.05, 0) is 43.4 Å². The molecule has 0 bridgehead atoms. The van der Waals surface area contributed by atoms with Crippen molar-refractivity contribution >= 4 is 29.2 Å². The van der Waals surface area contributed by atoms with Crippen LogP contribution in [0.2, 0.25) is 5.02 Å². The van der Waals surface area contributed by atoms with Crippen molar-refractivity contribution in [1.82, 2.24) is 0 Å². The van der Waals surface area contributed by atoms with Gasteiger partial charge >= 0.3 is 5.97 Å². The highest BCUT2D eigenvalue weighted by Gasteiger charge is 2.37. The molecule has 1 aromatic rings. The number of esters is 1. The van der Waals surface area contributed by atoms with E-state index in [2.05, 4.69) is 5.32 Å². The topological polar surface area (TPSA) is 55.4 Å². The molecule has 1 amide bonds. The van der Waals surface area contributed by atoms with Gasteiger partial charge in [-0.15, -0.1) is 0 Å². The van der Waals surface area contributed by atoms with Gasteiger partial charge < -0.3 is 10.1 Å². The lowest BCUT2D eigenvalue weighted by molar-refractivity contribution is -0.150. The molecule has 114 valence electrons. The first-order chi connectivity index (χ1) is 10.0. The van der Waals surface area contributed by atoms with Crippen molar-refractivity contribution in [2.24, 2.45) is 11.8 Å². The molecule has 0 unspecified atom stereocenters. The van der Waals surface area contributed by atoms with Gasteiger partial charge in [-0.2, -0.15) is 0 Å². The zero-order chi connectivity index (χ0) is 15.4. The summed E-state index contributed by atoms with van der Waals surface area (Å²) in [4.78, 5) is 24.5. The molecule has 21 heavy (non-hydrogen) atoms. The maximum atomic E-state index is 12.5. The second-order valence-electron chi connectivity index (χ2n) is 5.45. The maximum absolute atomic E-state index is 12.5. The van der Waals surface area contributed by atoms with Gasteiger partial charge in [0.2, 0.25) is 5.91 Å². The van der Waals surface area contributed by atoms with E-state index in [4.69, 9.17) is 16.3 Å². The van der Waals surface area contributed by atoms with E-state index in [1.54, 1.807) is 18.2 Å². The van der Waals surface area contributed by atoms with Crippen LogP contribution in [0.25, 0.3) is 0 Å². The quantitative estimate of drug-likeness (QED) is 0.683. The Morgan fingerprint density at radius 1 is 1.33 bits per heavy atom. The van der Waals surface area contributed by atoms with Crippen LogP contribution in [0.3, 0.4) is 0 Å². The third kappa shape index (κ3) is 3.56. The number of methoxy groups -OCH3 is 1. The molecule has 1 N–H and O–H groups in total. The Balaban J connectivity index is 2.18. The summed E-state index contributed by atoms with van der Waals surface area (Å²) in [5.74, 6) is -1.44. The molecular formula is C16H20ClNO3. The van der Waals surface area contributed by atoms with Crippen LogP contribution in [0.4, 0.5) is 5.69 Å². The zero-order valence-electron chi connectivity index (χ0n) is 12.3. The van der Waals surface area contributed by atoms with Gasteiger partial charge in [0.1, 0.15) is 5.92 Å². The Labute approximate surface area is 129 Å². The van der Waals surface area contributed by atoms with E-state index >= 15 is 0 Å². The Hall–Kier alpha value is -1.55. The number of hydrogen-bond donors (Lipinski definition) is 1. The average Bonchev–Trinajstić information content (AvgIpc) is 2.97. The summed E-state index contributed by atoms with van der Waals surface area (Å²) in [6, 6.07) is 5.32. The number of rotatable bonds is 4. The molecule has 0 saturated heterocycles. The van der Waals surface area contributed by atoms with Crippen molar-refractivity contribution in [2.45, 2.75) is 32.6 Å². The molecule has 0 aliphatic heterocycles. The molecule has 1 saturated carbocycles. The predicted octanol–water partition coefficient (Wildman–Crippen LogP) is 3.57. The number of benzene rings is 1. The first kappa shape index (κ1) is 15.8. The predicted molar refractivity (Wildman–Crippen MR) is 82.3 cm³/mol. The molecule has 0 heterocycles. The first-order valence-corrected chi connectivity index (χ1v) is 7.56. The van der Waals surface area contributed by atoms with Crippen molar-refractivity contribution in [3.05, 3.63) is 28.8 Å². The van der Waals surface area contributed by atoms with E-state index in [-0.39, 0.29) is 11.8 Å². The fourth-order valence-corrected chi connectivity index (χ4v) is 3.06. The van der Waals surface area contributed by atoms with Crippen molar-refractivity contribution in [2.75, 3.05) is 12.4 Å². The van der Waals surface area contributed by atoms with Gasteiger partial charge in [0.25, 0.3) is 0 Å². The molecule has 1 aromatic carbocycles. The molecule has 1 aliphatic carbocycles. The molecule has 0 radical (unpaired) electrons. The maximum Gasteiger partial charge on any atom is 0.318 e. The van der Waals surface area contributed by atoms with E-state index in [0.717, 1.165) is 31.2 Å². The lowest BCUT2D eigenvalue weighted by Gasteiger charge is -2.21. The molecule has 1 atom stereocenters. The van der Waals surface area contributed by atoms with E-state index in [9.17, 15) is 9.59 Å². The standard InChI is InChI=1S/C16H20ClNO3/c1-10-12(17)8-5-9-13(10)18-15(19)14(16(20)21-2)11-6-3-4-7-11/h5,8-9,11,14H,3-4,6-7H2,1-2H3,(H,18,19)/t14-/m1/s1. The summed E-state index contributed by atoms with van der Waals surface area (Å²) >= 11 is 6.05. The van der Waals surface area contributed by atoms with Crippen LogP contribution in [-0.2, 0) is 14.3 Å². The van der Waals surface area contributed by atoms with Crippen LogP contribution in [-0.4, -0.2) is 19.0 Å². The number of anilines is 1. The molecule has 5 heteroatoms. The normalized spacial score (nSPS) is 16.5. The highest BCUT2D eigenvalue weighted by molar-refractivity contribution is 6.31. The number of amides is 1. The summed E-state index contributed by atoms with van der Waals surface area (Å²) in [7, 11) is 1.32. The average molecular weight is 310 g/mol. The minimum atomic E-state index is -0.740. The number of halogens is 1. The van der Waals surface area contributed by atoms with Crippen molar-refractivity contribution in [3.63, 3.8) is 0 Å². The summed E-state index contributed by atoms with van der Waals surface area (Å²) in [5.41, 5.74) is 1.43. The van der Waals surface area contributed by atoms with Crippen LogP contribution in [0.1, 0.15) is 31.2 Å². The number of carbonyl (C=O) groups excluding carboxylic acids is 2. The minimum Gasteiger partial charge on any atom is -0.468 e. The highest BCUT2D eigenvalue weighted by atomic mass is 35.5. The fourth-order valence-electron chi connectivity index (χ4n) is 2.88. The van der Waals surface area contributed by atoms with Gasteiger partial charge in [0, 0.05) is 10.7 Å². The summed E-state index contributed by atoms with van der Waals surface area (Å²) in [6.45, 7) is 1.83. The van der Waals surface area contributed by atoms with E-state index < -0.39 is 11.9 Å². The lowest BCUT2D eigenvalue weighted by Crippen LogP contribution is -2.35. The third-order valence-electron chi connectivity index (χ3n) is 4.13. The van der Waals surface area contributed by atoms with E-state index in [0.29, 0.717) is 10.7 Å². The summed E-state index contributed by atoms with van der Waals surface area (Å²) < 4.78 is 4.81. The number of hydrogen-bond acceptors (Lipinski definition) is 3. The fraction of sp³-hybridized carbons (Fsp3) is 0.500. The monoisotopic (exact) mass is 309 g/mol. The second kappa shape index (κ2) is 6.94. The minimum absolute atomic E-state index is 0.0666.